The summed E-state index contributed by atoms with van der Waals surface area (Å²) < 4.78 is 0. The number of unbranched alkanes of at least 4 members (excludes halogenated alkanes) is 1. The number of nitrogens with one attached hydrogen (secondary N) is 1. The highest BCUT2D eigenvalue weighted by Gasteiger charge is 2.36. The quantitative estimate of drug-likeness (QED) is 0.772. The number of benzene rings is 1. The molecule has 1 aliphatic heterocycles. The van der Waals surface area contributed by atoms with Gasteiger partial charge in [-0.25, -0.2) is 0 Å². The van der Waals surface area contributed by atoms with Gasteiger partial charge in [-0.1, -0.05) is 13.8 Å². The Hall–Kier alpha value is -1.71. The minimum Gasteiger partial charge on any atom is -0.481 e. The third-order valence-corrected chi connectivity index (χ3v) is 5.24. The minimum absolute atomic E-state index is 0.0293. The largest absolute Gasteiger partial charge is 0.481 e. The first-order chi connectivity index (χ1) is 10.7. The third-order valence-electron chi connectivity index (χ3n) is 5.24. The summed E-state index contributed by atoms with van der Waals surface area (Å²) in [7, 11) is 0. The molecule has 1 atom stereocenters. The van der Waals surface area contributed by atoms with Crippen molar-refractivity contribution in [2.45, 2.75) is 59.4 Å². The average Bonchev–Trinajstić information content (AvgIpc) is 2.45. The number of fused-ring (bicyclic) bond motifs is 1. The fourth-order valence-electron chi connectivity index (χ4n) is 3.10. The van der Waals surface area contributed by atoms with Crippen LogP contribution in [0.1, 0.15) is 51.2 Å². The maximum absolute atomic E-state index is 10.7. The van der Waals surface area contributed by atoms with E-state index in [0.29, 0.717) is 5.92 Å². The Bertz CT molecular complexity index is 583. The van der Waals surface area contributed by atoms with Crippen LogP contribution in [-0.4, -0.2) is 29.7 Å². The molecule has 4 heteroatoms. The van der Waals surface area contributed by atoms with Crippen LogP contribution >= 0.6 is 0 Å². The van der Waals surface area contributed by atoms with Crippen LogP contribution in [0.2, 0.25) is 0 Å². The molecular weight excluding hydrogens is 288 g/mol. The molecular formula is C19H30N2O2. The third kappa shape index (κ3) is 3.98. The number of hydrogen-bond acceptors (Lipinski definition) is 3. The number of carboxylic acids is 1. The highest BCUT2D eigenvalue weighted by molar-refractivity contribution is 5.75. The molecule has 0 aromatic heterocycles. The number of anilines is 2. The van der Waals surface area contributed by atoms with Gasteiger partial charge in [0.2, 0.25) is 0 Å². The normalized spacial score (nSPS) is 20.3. The van der Waals surface area contributed by atoms with E-state index in [-0.39, 0.29) is 12.0 Å². The molecule has 4 nitrogen and oxygen atoms in total. The van der Waals surface area contributed by atoms with Gasteiger partial charge in [-0.15, -0.1) is 0 Å². The molecule has 128 valence electrons. The van der Waals surface area contributed by atoms with Gasteiger partial charge in [0, 0.05) is 19.5 Å². The molecule has 0 spiro atoms. The first-order valence-corrected chi connectivity index (χ1v) is 8.59. The van der Waals surface area contributed by atoms with E-state index in [1.807, 2.05) is 0 Å². The van der Waals surface area contributed by atoms with Crippen molar-refractivity contribution in [3.63, 3.8) is 0 Å². The summed E-state index contributed by atoms with van der Waals surface area (Å²) in [5, 5.41) is 12.6. The lowest BCUT2D eigenvalue weighted by Crippen LogP contribution is -2.54. The molecule has 1 unspecified atom stereocenters. The summed E-state index contributed by atoms with van der Waals surface area (Å²) >= 11 is 0. The number of hydrogen-bond donors (Lipinski definition) is 2. The second-order valence-corrected chi connectivity index (χ2v) is 7.42. The van der Waals surface area contributed by atoms with Crippen molar-refractivity contribution in [2.75, 3.05) is 23.3 Å². The summed E-state index contributed by atoms with van der Waals surface area (Å²) in [4.78, 5) is 13.1. The zero-order valence-electron chi connectivity index (χ0n) is 15.1. The van der Waals surface area contributed by atoms with E-state index >= 15 is 0 Å². The number of rotatable bonds is 6. The van der Waals surface area contributed by atoms with Gasteiger partial charge < -0.3 is 15.3 Å². The van der Waals surface area contributed by atoms with Crippen LogP contribution in [0.4, 0.5) is 11.4 Å². The van der Waals surface area contributed by atoms with Crippen LogP contribution in [0.3, 0.4) is 0 Å². The maximum Gasteiger partial charge on any atom is 0.303 e. The van der Waals surface area contributed by atoms with Crippen LogP contribution in [0.25, 0.3) is 0 Å². The van der Waals surface area contributed by atoms with E-state index < -0.39 is 5.97 Å². The maximum atomic E-state index is 10.7. The van der Waals surface area contributed by atoms with Crippen molar-refractivity contribution >= 4 is 17.3 Å². The molecule has 1 aliphatic rings. The van der Waals surface area contributed by atoms with Crippen molar-refractivity contribution in [1.82, 2.24) is 0 Å². The van der Waals surface area contributed by atoms with E-state index in [1.165, 1.54) is 22.5 Å². The predicted octanol–water partition coefficient (Wildman–Crippen LogP) is 4.20. The van der Waals surface area contributed by atoms with Gasteiger partial charge in [0.15, 0.2) is 0 Å². The summed E-state index contributed by atoms with van der Waals surface area (Å²) in [6.45, 7) is 12.9. The lowest BCUT2D eigenvalue weighted by atomic mass is 9.85. The average molecular weight is 318 g/mol. The monoisotopic (exact) mass is 318 g/mol. The first kappa shape index (κ1) is 17.6. The van der Waals surface area contributed by atoms with Gasteiger partial charge in [0.25, 0.3) is 0 Å². The molecule has 2 N–H and O–H groups in total. The Kier molecular flexibility index (Phi) is 5.23. The number of carbonyl (C=O) groups is 1. The number of aryl methyl sites for hydroxylation is 2. The van der Waals surface area contributed by atoms with Crippen LogP contribution in [0.5, 0.6) is 0 Å². The van der Waals surface area contributed by atoms with Crippen molar-refractivity contribution < 1.29 is 9.90 Å². The zero-order chi connectivity index (χ0) is 17.2. The summed E-state index contributed by atoms with van der Waals surface area (Å²) in [5.41, 5.74) is 5.08. The molecule has 0 radical (unpaired) electrons. The molecule has 2 rings (SSSR count). The second kappa shape index (κ2) is 6.81. The second-order valence-electron chi connectivity index (χ2n) is 7.42. The molecule has 1 aromatic carbocycles. The van der Waals surface area contributed by atoms with E-state index in [4.69, 9.17) is 5.11 Å². The minimum atomic E-state index is -0.704. The van der Waals surface area contributed by atoms with Gasteiger partial charge in [0.05, 0.1) is 16.9 Å². The number of aliphatic carboxylic acids is 1. The first-order valence-electron chi connectivity index (χ1n) is 8.59. The van der Waals surface area contributed by atoms with Gasteiger partial charge in [-0.2, -0.15) is 0 Å². The molecule has 1 heterocycles. The highest BCUT2D eigenvalue weighted by Crippen LogP contribution is 2.39. The van der Waals surface area contributed by atoms with E-state index in [0.717, 1.165) is 25.9 Å². The van der Waals surface area contributed by atoms with E-state index in [2.05, 4.69) is 57.0 Å². The standard InChI is InChI=1S/C19H30N2O2/c1-13(2)19(5)12-21(9-7-6-8-18(22)23)17-11-15(4)14(3)10-16(17)20-19/h10-11,13,20H,6-9,12H2,1-5H3,(H,22,23). The Balaban J connectivity index is 2.22. The van der Waals surface area contributed by atoms with E-state index in [9.17, 15) is 4.79 Å². The van der Waals surface area contributed by atoms with Gasteiger partial charge in [-0.3, -0.25) is 4.79 Å². The Morgan fingerprint density at radius 3 is 2.57 bits per heavy atom. The van der Waals surface area contributed by atoms with Crippen LogP contribution in [0.15, 0.2) is 12.1 Å². The molecule has 23 heavy (non-hydrogen) atoms. The topological polar surface area (TPSA) is 52.6 Å². The summed E-state index contributed by atoms with van der Waals surface area (Å²) in [6.07, 6.45) is 1.90. The number of nitrogens with zero attached hydrogens (tertiary/aromatic N) is 1. The zero-order valence-corrected chi connectivity index (χ0v) is 15.1. The van der Waals surface area contributed by atoms with Crippen LogP contribution < -0.4 is 10.2 Å². The van der Waals surface area contributed by atoms with E-state index in [1.54, 1.807) is 0 Å². The van der Waals surface area contributed by atoms with Crippen LogP contribution in [0, 0.1) is 19.8 Å². The Morgan fingerprint density at radius 2 is 1.96 bits per heavy atom. The molecule has 0 bridgehead atoms. The molecule has 0 fully saturated rings. The lowest BCUT2D eigenvalue weighted by molar-refractivity contribution is -0.137. The van der Waals surface area contributed by atoms with Gasteiger partial charge in [0.1, 0.15) is 0 Å². The van der Waals surface area contributed by atoms with Crippen molar-refractivity contribution in [2.24, 2.45) is 5.92 Å². The molecule has 0 saturated heterocycles. The fraction of sp³-hybridized carbons (Fsp3) is 0.632. The molecule has 0 saturated carbocycles. The Morgan fingerprint density at radius 1 is 1.30 bits per heavy atom. The molecule has 0 aliphatic carbocycles. The SMILES string of the molecule is Cc1cc2c(cc1C)N(CCCCC(=O)O)CC(C)(C(C)C)N2. The summed E-state index contributed by atoms with van der Waals surface area (Å²) in [6, 6.07) is 4.50. The van der Waals surface area contributed by atoms with Crippen molar-refractivity contribution in [1.29, 1.82) is 0 Å². The Labute approximate surface area is 139 Å². The molecule has 1 aromatic rings. The van der Waals surface area contributed by atoms with Crippen molar-refractivity contribution in [3.8, 4) is 0 Å². The summed E-state index contributed by atoms with van der Waals surface area (Å²) in [5.74, 6) is -0.192. The predicted molar refractivity (Wildman–Crippen MR) is 96.5 cm³/mol. The van der Waals surface area contributed by atoms with Gasteiger partial charge in [-0.05, 0) is 62.8 Å². The highest BCUT2D eigenvalue weighted by atomic mass is 16.4. The molecule has 0 amide bonds. The number of carboxylic acid groups (broad SMARTS) is 1. The smallest absolute Gasteiger partial charge is 0.303 e. The van der Waals surface area contributed by atoms with Crippen LogP contribution in [-0.2, 0) is 4.79 Å². The fourth-order valence-corrected chi connectivity index (χ4v) is 3.10. The van der Waals surface area contributed by atoms with Gasteiger partial charge >= 0.3 is 5.97 Å². The van der Waals surface area contributed by atoms with Crippen molar-refractivity contribution in [3.05, 3.63) is 23.3 Å². The lowest BCUT2D eigenvalue weighted by Gasteiger charge is -2.46.